The summed E-state index contributed by atoms with van der Waals surface area (Å²) in [4.78, 5) is 0. The number of halogens is 2. The van der Waals surface area contributed by atoms with E-state index in [1.807, 2.05) is 24.3 Å². The van der Waals surface area contributed by atoms with Crippen molar-refractivity contribution in [3.05, 3.63) is 56.0 Å². The second-order valence-corrected chi connectivity index (χ2v) is 6.31. The molecule has 0 spiro atoms. The van der Waals surface area contributed by atoms with Crippen molar-refractivity contribution in [2.75, 3.05) is 6.54 Å². The van der Waals surface area contributed by atoms with E-state index in [0.29, 0.717) is 0 Å². The molecular formula is C16H19ClINO. The maximum Gasteiger partial charge on any atom is 0.125 e. The molecule has 0 aliphatic heterocycles. The van der Waals surface area contributed by atoms with Crippen molar-refractivity contribution in [2.45, 2.75) is 32.7 Å². The van der Waals surface area contributed by atoms with E-state index < -0.39 is 0 Å². The maximum absolute atomic E-state index is 6.15. The fourth-order valence-electron chi connectivity index (χ4n) is 2.13. The first-order chi connectivity index (χ1) is 9.65. The van der Waals surface area contributed by atoms with Gasteiger partial charge in [0, 0.05) is 15.0 Å². The molecule has 0 aliphatic carbocycles. The van der Waals surface area contributed by atoms with Crippen LogP contribution in [0, 0.1) is 3.57 Å². The minimum atomic E-state index is 0.0563. The Morgan fingerprint density at radius 1 is 1.25 bits per heavy atom. The number of nitrogens with one attached hydrogen (secondary N) is 1. The predicted molar refractivity (Wildman–Crippen MR) is 92.4 cm³/mol. The highest BCUT2D eigenvalue weighted by Gasteiger charge is 2.19. The molecule has 4 heteroatoms. The molecule has 1 N–H and O–H groups in total. The molecule has 0 amide bonds. The minimum Gasteiger partial charge on any atom is -0.464 e. The number of hydrogen-bond donors (Lipinski definition) is 1. The van der Waals surface area contributed by atoms with E-state index in [2.05, 4.69) is 47.8 Å². The second-order valence-electron chi connectivity index (χ2n) is 4.71. The third-order valence-electron chi connectivity index (χ3n) is 3.18. The molecule has 2 rings (SSSR count). The van der Waals surface area contributed by atoms with Gasteiger partial charge >= 0.3 is 0 Å². The van der Waals surface area contributed by atoms with Crippen molar-refractivity contribution in [1.29, 1.82) is 0 Å². The fraction of sp³-hybridized carbons (Fsp3) is 0.375. The van der Waals surface area contributed by atoms with Gasteiger partial charge in [0.1, 0.15) is 11.5 Å². The Morgan fingerprint density at radius 3 is 2.70 bits per heavy atom. The van der Waals surface area contributed by atoms with Crippen LogP contribution in [-0.4, -0.2) is 6.54 Å². The lowest BCUT2D eigenvalue weighted by Gasteiger charge is -2.18. The van der Waals surface area contributed by atoms with Crippen LogP contribution in [0.3, 0.4) is 0 Å². The van der Waals surface area contributed by atoms with Crippen molar-refractivity contribution in [2.24, 2.45) is 0 Å². The van der Waals surface area contributed by atoms with Crippen LogP contribution in [-0.2, 0) is 6.42 Å². The highest BCUT2D eigenvalue weighted by atomic mass is 127. The normalized spacial score (nSPS) is 12.6. The molecule has 2 aromatic rings. The maximum atomic E-state index is 6.15. The lowest BCUT2D eigenvalue weighted by Crippen LogP contribution is -2.23. The monoisotopic (exact) mass is 403 g/mol. The second kappa shape index (κ2) is 7.48. The van der Waals surface area contributed by atoms with Gasteiger partial charge in [0.15, 0.2) is 0 Å². The summed E-state index contributed by atoms with van der Waals surface area (Å²) >= 11 is 8.50. The summed E-state index contributed by atoms with van der Waals surface area (Å²) in [5.74, 6) is 1.97. The van der Waals surface area contributed by atoms with Crippen LogP contribution >= 0.6 is 34.2 Å². The van der Waals surface area contributed by atoms with Gasteiger partial charge in [0.25, 0.3) is 0 Å². The third-order valence-corrected chi connectivity index (χ3v) is 4.40. The van der Waals surface area contributed by atoms with Gasteiger partial charge < -0.3 is 9.73 Å². The van der Waals surface area contributed by atoms with Crippen LogP contribution in [0.15, 0.2) is 34.7 Å². The molecule has 2 nitrogen and oxygen atoms in total. The molecule has 20 heavy (non-hydrogen) atoms. The van der Waals surface area contributed by atoms with Crippen molar-refractivity contribution >= 4 is 34.2 Å². The molecule has 108 valence electrons. The predicted octanol–water partition coefficient (Wildman–Crippen LogP) is 5.19. The average Bonchev–Trinajstić information content (AvgIpc) is 2.92. The molecule has 1 heterocycles. The van der Waals surface area contributed by atoms with E-state index >= 15 is 0 Å². The highest BCUT2D eigenvalue weighted by Crippen LogP contribution is 2.30. The van der Waals surface area contributed by atoms with Crippen molar-refractivity contribution in [1.82, 2.24) is 5.32 Å². The van der Waals surface area contributed by atoms with Crippen molar-refractivity contribution in [3.63, 3.8) is 0 Å². The summed E-state index contributed by atoms with van der Waals surface area (Å²) in [6.07, 6.45) is 1.99. The van der Waals surface area contributed by atoms with Gasteiger partial charge in [-0.3, -0.25) is 0 Å². The zero-order chi connectivity index (χ0) is 14.5. The van der Waals surface area contributed by atoms with E-state index in [4.69, 9.17) is 16.0 Å². The largest absolute Gasteiger partial charge is 0.464 e. The smallest absolute Gasteiger partial charge is 0.125 e. The zero-order valence-electron chi connectivity index (χ0n) is 11.7. The quantitative estimate of drug-likeness (QED) is 0.672. The summed E-state index contributed by atoms with van der Waals surface area (Å²) in [6, 6.07) is 10.1. The van der Waals surface area contributed by atoms with E-state index in [1.54, 1.807) is 0 Å². The highest BCUT2D eigenvalue weighted by molar-refractivity contribution is 14.1. The van der Waals surface area contributed by atoms with Crippen LogP contribution in [0.2, 0.25) is 5.02 Å². The molecule has 0 saturated heterocycles. The molecule has 1 aromatic heterocycles. The topological polar surface area (TPSA) is 25.2 Å². The Hall–Kier alpha value is -0.520. The van der Waals surface area contributed by atoms with Gasteiger partial charge in [-0.15, -0.1) is 0 Å². The van der Waals surface area contributed by atoms with E-state index in [-0.39, 0.29) is 6.04 Å². The van der Waals surface area contributed by atoms with Crippen LogP contribution in [0.5, 0.6) is 0 Å². The number of furan rings is 1. The molecule has 1 unspecified atom stereocenters. The first kappa shape index (κ1) is 15.9. The standard InChI is InChI=1S/C16H19ClINO/c1-3-9-19-16(15-8-6-12(4-2)20-15)13-10-11(17)5-7-14(13)18/h5-8,10,16,19H,3-4,9H2,1-2H3. The van der Waals surface area contributed by atoms with Gasteiger partial charge in [-0.05, 0) is 71.5 Å². The van der Waals surface area contributed by atoms with Crippen LogP contribution in [0.4, 0.5) is 0 Å². The van der Waals surface area contributed by atoms with Crippen LogP contribution in [0.1, 0.15) is 43.4 Å². The molecule has 0 bridgehead atoms. The van der Waals surface area contributed by atoms with E-state index in [1.165, 1.54) is 9.13 Å². The summed E-state index contributed by atoms with van der Waals surface area (Å²) in [5, 5.41) is 4.31. The Kier molecular flexibility index (Phi) is 5.93. The van der Waals surface area contributed by atoms with Gasteiger partial charge in [-0.1, -0.05) is 25.4 Å². The van der Waals surface area contributed by atoms with E-state index in [0.717, 1.165) is 35.9 Å². The first-order valence-electron chi connectivity index (χ1n) is 6.92. The Morgan fingerprint density at radius 2 is 2.05 bits per heavy atom. The number of aryl methyl sites for hydroxylation is 1. The third kappa shape index (κ3) is 3.77. The van der Waals surface area contributed by atoms with Gasteiger partial charge in [0.05, 0.1) is 6.04 Å². The van der Waals surface area contributed by atoms with Crippen LogP contribution in [0.25, 0.3) is 0 Å². The number of benzene rings is 1. The summed E-state index contributed by atoms with van der Waals surface area (Å²) < 4.78 is 7.12. The lowest BCUT2D eigenvalue weighted by molar-refractivity contribution is 0.421. The van der Waals surface area contributed by atoms with Crippen molar-refractivity contribution in [3.8, 4) is 0 Å². The van der Waals surface area contributed by atoms with Gasteiger partial charge in [0.2, 0.25) is 0 Å². The summed E-state index contributed by atoms with van der Waals surface area (Å²) in [6.45, 7) is 5.20. The number of hydrogen-bond acceptors (Lipinski definition) is 2. The Labute approximate surface area is 139 Å². The summed E-state index contributed by atoms with van der Waals surface area (Å²) in [7, 11) is 0. The van der Waals surface area contributed by atoms with E-state index in [9.17, 15) is 0 Å². The lowest BCUT2D eigenvalue weighted by atomic mass is 10.0. The molecule has 0 aliphatic rings. The Bertz CT molecular complexity index is 567. The minimum absolute atomic E-state index is 0.0563. The average molecular weight is 404 g/mol. The SMILES string of the molecule is CCCNC(c1ccc(CC)o1)c1cc(Cl)ccc1I. The molecule has 0 saturated carbocycles. The number of rotatable bonds is 6. The zero-order valence-corrected chi connectivity index (χ0v) is 14.7. The van der Waals surface area contributed by atoms with Crippen LogP contribution < -0.4 is 5.32 Å². The molecule has 1 atom stereocenters. The molecule has 0 radical (unpaired) electrons. The Balaban J connectivity index is 2.38. The molecular weight excluding hydrogens is 385 g/mol. The van der Waals surface area contributed by atoms with Gasteiger partial charge in [-0.2, -0.15) is 0 Å². The molecule has 1 aromatic carbocycles. The summed E-state index contributed by atoms with van der Waals surface area (Å²) in [5.41, 5.74) is 1.17. The fourth-order valence-corrected chi connectivity index (χ4v) is 2.96. The van der Waals surface area contributed by atoms with Gasteiger partial charge in [-0.25, -0.2) is 0 Å². The first-order valence-corrected chi connectivity index (χ1v) is 8.38. The van der Waals surface area contributed by atoms with Crippen molar-refractivity contribution < 1.29 is 4.42 Å². The molecule has 0 fully saturated rings.